The van der Waals surface area contributed by atoms with E-state index in [-0.39, 0.29) is 5.82 Å². The van der Waals surface area contributed by atoms with Gasteiger partial charge in [0.15, 0.2) is 0 Å². The topological polar surface area (TPSA) is 3.24 Å². The zero-order valence-corrected chi connectivity index (χ0v) is 9.43. The molecule has 0 aromatic heterocycles. The van der Waals surface area contributed by atoms with Gasteiger partial charge in [-0.1, -0.05) is 11.6 Å². The molecule has 3 heteroatoms. The molecule has 1 nitrogen and oxygen atoms in total. The summed E-state index contributed by atoms with van der Waals surface area (Å²) in [6, 6.07) is 4.77. The molecule has 0 atom stereocenters. The van der Waals surface area contributed by atoms with Gasteiger partial charge in [-0.2, -0.15) is 0 Å². The Balaban J connectivity index is 1.92. The standard InChI is InChI=1S/C12H15ClFN/c13-11-7-10(8-12(14)9-11)3-6-15-4-1-2-5-15/h7-9H,1-6H2. The summed E-state index contributed by atoms with van der Waals surface area (Å²) >= 11 is 5.79. The zero-order chi connectivity index (χ0) is 10.7. The van der Waals surface area contributed by atoms with Gasteiger partial charge in [0.2, 0.25) is 0 Å². The summed E-state index contributed by atoms with van der Waals surface area (Å²) in [4.78, 5) is 2.42. The minimum Gasteiger partial charge on any atom is -0.303 e. The zero-order valence-electron chi connectivity index (χ0n) is 8.68. The maximum atomic E-state index is 13.0. The molecule has 0 unspecified atom stereocenters. The Labute approximate surface area is 94.8 Å². The third kappa shape index (κ3) is 3.18. The van der Waals surface area contributed by atoms with Gasteiger partial charge in [0.25, 0.3) is 0 Å². The number of hydrogen-bond acceptors (Lipinski definition) is 1. The second-order valence-corrected chi connectivity index (χ2v) is 4.51. The first-order valence-electron chi connectivity index (χ1n) is 5.41. The maximum Gasteiger partial charge on any atom is 0.124 e. The predicted molar refractivity (Wildman–Crippen MR) is 60.8 cm³/mol. The van der Waals surface area contributed by atoms with E-state index in [2.05, 4.69) is 4.90 Å². The molecular weight excluding hydrogens is 213 g/mol. The molecule has 0 N–H and O–H groups in total. The largest absolute Gasteiger partial charge is 0.303 e. The Morgan fingerprint density at radius 3 is 2.60 bits per heavy atom. The fourth-order valence-corrected chi connectivity index (χ4v) is 2.29. The van der Waals surface area contributed by atoms with E-state index in [1.165, 1.54) is 32.0 Å². The van der Waals surface area contributed by atoms with E-state index in [9.17, 15) is 4.39 Å². The van der Waals surface area contributed by atoms with Crippen molar-refractivity contribution >= 4 is 11.6 Å². The molecule has 1 aromatic rings. The van der Waals surface area contributed by atoms with Crippen LogP contribution in [0.1, 0.15) is 18.4 Å². The highest BCUT2D eigenvalue weighted by molar-refractivity contribution is 6.30. The Morgan fingerprint density at radius 2 is 1.93 bits per heavy atom. The average molecular weight is 228 g/mol. The summed E-state index contributed by atoms with van der Waals surface area (Å²) in [6.07, 6.45) is 3.48. The number of likely N-dealkylation sites (tertiary alicyclic amines) is 1. The predicted octanol–water partition coefficient (Wildman–Crippen LogP) is 3.12. The van der Waals surface area contributed by atoms with Crippen LogP contribution in [0.25, 0.3) is 0 Å². The summed E-state index contributed by atoms with van der Waals surface area (Å²) in [6.45, 7) is 3.38. The minimum absolute atomic E-state index is 0.237. The summed E-state index contributed by atoms with van der Waals surface area (Å²) in [5, 5.41) is 0.492. The van der Waals surface area contributed by atoms with Crippen molar-refractivity contribution < 1.29 is 4.39 Å². The Morgan fingerprint density at radius 1 is 1.20 bits per heavy atom. The lowest BCUT2D eigenvalue weighted by atomic mass is 10.1. The smallest absolute Gasteiger partial charge is 0.124 e. The van der Waals surface area contributed by atoms with Gasteiger partial charge in [0.05, 0.1) is 0 Å². The van der Waals surface area contributed by atoms with Gasteiger partial charge >= 0.3 is 0 Å². The van der Waals surface area contributed by atoms with Crippen LogP contribution in [0, 0.1) is 5.82 Å². The fraction of sp³-hybridized carbons (Fsp3) is 0.500. The lowest BCUT2D eigenvalue weighted by Crippen LogP contribution is -2.21. The van der Waals surface area contributed by atoms with Crippen molar-refractivity contribution in [3.8, 4) is 0 Å². The molecule has 1 fully saturated rings. The van der Waals surface area contributed by atoms with Gasteiger partial charge in [-0.15, -0.1) is 0 Å². The molecule has 0 bridgehead atoms. The van der Waals surface area contributed by atoms with Crippen LogP contribution in [-0.4, -0.2) is 24.5 Å². The summed E-state index contributed by atoms with van der Waals surface area (Å²) in [7, 11) is 0. The third-order valence-corrected chi connectivity index (χ3v) is 3.06. The summed E-state index contributed by atoms with van der Waals surface area (Å²) < 4.78 is 13.0. The van der Waals surface area contributed by atoms with Crippen LogP contribution in [0.15, 0.2) is 18.2 Å². The van der Waals surface area contributed by atoms with Crippen molar-refractivity contribution in [1.29, 1.82) is 0 Å². The SMILES string of the molecule is Fc1cc(Cl)cc(CCN2CCCC2)c1. The highest BCUT2D eigenvalue weighted by Gasteiger charge is 2.11. The van der Waals surface area contributed by atoms with E-state index in [1.54, 1.807) is 6.07 Å². The highest BCUT2D eigenvalue weighted by atomic mass is 35.5. The van der Waals surface area contributed by atoms with Gasteiger partial charge in [-0.05, 0) is 56.1 Å². The number of benzene rings is 1. The van der Waals surface area contributed by atoms with Gasteiger partial charge in [0.1, 0.15) is 5.82 Å². The van der Waals surface area contributed by atoms with Crippen molar-refractivity contribution in [2.24, 2.45) is 0 Å². The molecule has 0 saturated carbocycles. The molecule has 1 aliphatic rings. The van der Waals surface area contributed by atoms with Crippen molar-refractivity contribution in [2.45, 2.75) is 19.3 Å². The van der Waals surface area contributed by atoms with Crippen LogP contribution in [-0.2, 0) is 6.42 Å². The fourth-order valence-electron chi connectivity index (χ4n) is 2.05. The third-order valence-electron chi connectivity index (χ3n) is 2.84. The molecule has 0 radical (unpaired) electrons. The van der Waals surface area contributed by atoms with Gasteiger partial charge in [-0.25, -0.2) is 4.39 Å². The van der Waals surface area contributed by atoms with E-state index in [0.29, 0.717) is 5.02 Å². The van der Waals surface area contributed by atoms with Crippen molar-refractivity contribution in [3.63, 3.8) is 0 Å². The molecule has 82 valence electrons. The molecule has 0 spiro atoms. The maximum absolute atomic E-state index is 13.0. The van der Waals surface area contributed by atoms with Crippen molar-refractivity contribution in [1.82, 2.24) is 4.90 Å². The molecule has 1 saturated heterocycles. The quantitative estimate of drug-likeness (QED) is 0.767. The van der Waals surface area contributed by atoms with E-state index in [0.717, 1.165) is 18.5 Å². The van der Waals surface area contributed by atoms with Crippen molar-refractivity contribution in [3.05, 3.63) is 34.6 Å². The molecule has 0 aliphatic carbocycles. The van der Waals surface area contributed by atoms with Gasteiger partial charge in [-0.3, -0.25) is 0 Å². The first kappa shape index (κ1) is 10.9. The van der Waals surface area contributed by atoms with Crippen LogP contribution >= 0.6 is 11.6 Å². The molecule has 1 aromatic carbocycles. The first-order valence-corrected chi connectivity index (χ1v) is 5.79. The second-order valence-electron chi connectivity index (χ2n) is 4.08. The highest BCUT2D eigenvalue weighted by Crippen LogP contribution is 2.15. The van der Waals surface area contributed by atoms with Crippen LogP contribution in [0.2, 0.25) is 5.02 Å². The molecule has 15 heavy (non-hydrogen) atoms. The Kier molecular flexibility index (Phi) is 3.60. The van der Waals surface area contributed by atoms with Crippen molar-refractivity contribution in [2.75, 3.05) is 19.6 Å². The molecule has 1 aliphatic heterocycles. The second kappa shape index (κ2) is 4.95. The monoisotopic (exact) mass is 227 g/mol. The molecule has 0 amide bonds. The van der Waals surface area contributed by atoms with Gasteiger partial charge in [0, 0.05) is 11.6 Å². The van der Waals surface area contributed by atoms with E-state index in [1.807, 2.05) is 6.07 Å². The Hall–Kier alpha value is -0.600. The van der Waals surface area contributed by atoms with Crippen LogP contribution in [0.3, 0.4) is 0 Å². The van der Waals surface area contributed by atoms with Crippen LogP contribution in [0.4, 0.5) is 4.39 Å². The number of rotatable bonds is 3. The van der Waals surface area contributed by atoms with E-state index in [4.69, 9.17) is 11.6 Å². The number of hydrogen-bond donors (Lipinski definition) is 0. The lowest BCUT2D eigenvalue weighted by Gasteiger charge is -2.14. The van der Waals surface area contributed by atoms with Gasteiger partial charge < -0.3 is 4.90 Å². The number of halogens is 2. The lowest BCUT2D eigenvalue weighted by molar-refractivity contribution is 0.343. The minimum atomic E-state index is -0.237. The first-order chi connectivity index (χ1) is 7.24. The summed E-state index contributed by atoms with van der Waals surface area (Å²) in [5.41, 5.74) is 0.993. The van der Waals surface area contributed by atoms with E-state index >= 15 is 0 Å². The summed E-state index contributed by atoms with van der Waals surface area (Å²) in [5.74, 6) is -0.237. The molecular formula is C12H15ClFN. The van der Waals surface area contributed by atoms with Crippen LogP contribution < -0.4 is 0 Å². The van der Waals surface area contributed by atoms with E-state index < -0.39 is 0 Å². The van der Waals surface area contributed by atoms with Crippen LogP contribution in [0.5, 0.6) is 0 Å². The average Bonchev–Trinajstić information content (AvgIpc) is 2.65. The normalized spacial score (nSPS) is 17.2. The number of nitrogens with zero attached hydrogens (tertiary/aromatic N) is 1. The molecule has 2 rings (SSSR count). The Bertz CT molecular complexity index is 314. The molecule has 1 heterocycles.